The largest absolute Gasteiger partial charge is 0.382 e. The molecule has 0 aromatic carbocycles. The maximum Gasteiger partial charge on any atom is 0.148 e. The topological polar surface area (TPSA) is 63.8 Å². The molecule has 0 unspecified atom stereocenters. The molecule has 0 saturated heterocycles. The van der Waals surface area contributed by atoms with Crippen molar-refractivity contribution >= 4 is 11.6 Å². The second kappa shape index (κ2) is 4.47. The van der Waals surface area contributed by atoms with Gasteiger partial charge in [-0.1, -0.05) is 27.7 Å². The van der Waals surface area contributed by atoms with Gasteiger partial charge in [0.05, 0.1) is 0 Å². The third kappa shape index (κ3) is 3.38. The van der Waals surface area contributed by atoms with Gasteiger partial charge in [-0.3, -0.25) is 0 Å². The second-order valence-corrected chi connectivity index (χ2v) is 4.84. The lowest BCUT2D eigenvalue weighted by Crippen LogP contribution is -2.28. The first-order chi connectivity index (χ1) is 6.92. The first-order valence-corrected chi connectivity index (χ1v) is 5.25. The van der Waals surface area contributed by atoms with Gasteiger partial charge in [-0.25, -0.2) is 0 Å². The highest BCUT2D eigenvalue weighted by molar-refractivity contribution is 5.38. The summed E-state index contributed by atoms with van der Waals surface area (Å²) in [5.41, 5.74) is 5.69. The Hall–Kier alpha value is -1.32. The highest BCUT2D eigenvalue weighted by Crippen LogP contribution is 2.25. The van der Waals surface area contributed by atoms with Crippen molar-refractivity contribution in [2.75, 3.05) is 17.6 Å². The Kier molecular flexibility index (Phi) is 3.50. The summed E-state index contributed by atoms with van der Waals surface area (Å²) in [6, 6.07) is 3.59. The molecule has 0 atom stereocenters. The number of hydrogen-bond donors (Lipinski definition) is 2. The van der Waals surface area contributed by atoms with Gasteiger partial charge in [-0.2, -0.15) is 0 Å². The molecule has 0 aliphatic heterocycles. The molecular formula is C11H20N4. The number of nitrogens with zero attached hydrogens (tertiary/aromatic N) is 2. The van der Waals surface area contributed by atoms with Crippen LogP contribution in [0.1, 0.15) is 27.7 Å². The lowest BCUT2D eigenvalue weighted by molar-refractivity contribution is 0.269. The van der Waals surface area contributed by atoms with Gasteiger partial charge >= 0.3 is 0 Å². The van der Waals surface area contributed by atoms with Crippen LogP contribution in [-0.4, -0.2) is 16.7 Å². The summed E-state index contributed by atoms with van der Waals surface area (Å²) in [5, 5.41) is 11.0. The maximum absolute atomic E-state index is 5.46. The normalized spacial score (nSPS) is 11.8. The van der Waals surface area contributed by atoms with E-state index in [1.807, 2.05) is 6.07 Å². The van der Waals surface area contributed by atoms with E-state index in [1.54, 1.807) is 6.07 Å². The van der Waals surface area contributed by atoms with Gasteiger partial charge in [0.25, 0.3) is 0 Å². The van der Waals surface area contributed by atoms with Gasteiger partial charge in [0.2, 0.25) is 0 Å². The molecular weight excluding hydrogens is 188 g/mol. The van der Waals surface area contributed by atoms with Crippen molar-refractivity contribution < 1.29 is 0 Å². The fourth-order valence-corrected chi connectivity index (χ4v) is 0.959. The van der Waals surface area contributed by atoms with Crippen molar-refractivity contribution in [1.29, 1.82) is 0 Å². The molecule has 0 aliphatic rings. The van der Waals surface area contributed by atoms with Gasteiger partial charge in [0.1, 0.15) is 11.6 Å². The molecule has 84 valence electrons. The van der Waals surface area contributed by atoms with E-state index in [0.29, 0.717) is 11.7 Å². The van der Waals surface area contributed by atoms with Crippen LogP contribution in [0.4, 0.5) is 11.6 Å². The third-order valence-corrected chi connectivity index (χ3v) is 2.97. The molecule has 0 bridgehead atoms. The summed E-state index contributed by atoms with van der Waals surface area (Å²) < 4.78 is 0. The lowest BCUT2D eigenvalue weighted by atomic mass is 9.81. The number of nitrogens with one attached hydrogen (secondary N) is 1. The van der Waals surface area contributed by atoms with Gasteiger partial charge < -0.3 is 11.1 Å². The quantitative estimate of drug-likeness (QED) is 0.795. The van der Waals surface area contributed by atoms with E-state index in [2.05, 4.69) is 43.2 Å². The van der Waals surface area contributed by atoms with Crippen molar-refractivity contribution in [3.8, 4) is 0 Å². The summed E-state index contributed by atoms with van der Waals surface area (Å²) in [7, 11) is 0. The van der Waals surface area contributed by atoms with Crippen LogP contribution in [0.3, 0.4) is 0 Å². The van der Waals surface area contributed by atoms with Crippen molar-refractivity contribution in [2.24, 2.45) is 11.3 Å². The molecule has 1 heterocycles. The molecule has 3 N–H and O–H groups in total. The van der Waals surface area contributed by atoms with E-state index in [1.165, 1.54) is 0 Å². The van der Waals surface area contributed by atoms with Crippen molar-refractivity contribution in [3.05, 3.63) is 12.1 Å². The first kappa shape index (κ1) is 11.8. The van der Waals surface area contributed by atoms with Gasteiger partial charge in [0, 0.05) is 6.54 Å². The Balaban J connectivity index is 2.54. The molecule has 1 aromatic heterocycles. The van der Waals surface area contributed by atoms with E-state index in [9.17, 15) is 0 Å². The van der Waals surface area contributed by atoms with Crippen LogP contribution in [0, 0.1) is 11.3 Å². The van der Waals surface area contributed by atoms with E-state index in [4.69, 9.17) is 5.73 Å². The Morgan fingerprint density at radius 1 is 1.33 bits per heavy atom. The molecule has 0 fully saturated rings. The molecule has 4 heteroatoms. The molecule has 15 heavy (non-hydrogen) atoms. The first-order valence-electron chi connectivity index (χ1n) is 5.25. The Morgan fingerprint density at radius 2 is 2.00 bits per heavy atom. The van der Waals surface area contributed by atoms with Crippen LogP contribution in [0.2, 0.25) is 0 Å². The van der Waals surface area contributed by atoms with Crippen molar-refractivity contribution in [1.82, 2.24) is 10.2 Å². The van der Waals surface area contributed by atoms with Gasteiger partial charge in [0.15, 0.2) is 0 Å². The van der Waals surface area contributed by atoms with Crippen LogP contribution in [0.25, 0.3) is 0 Å². The van der Waals surface area contributed by atoms with Crippen LogP contribution in [0.5, 0.6) is 0 Å². The fraction of sp³-hybridized carbons (Fsp3) is 0.636. The SMILES string of the molecule is CC(C)C(C)(C)CNc1ccc(N)nn1. The number of nitrogen functional groups attached to an aromatic ring is 1. The average Bonchev–Trinajstić information content (AvgIpc) is 2.17. The zero-order valence-electron chi connectivity index (χ0n) is 9.91. The number of anilines is 2. The van der Waals surface area contributed by atoms with E-state index >= 15 is 0 Å². The standard InChI is InChI=1S/C11H20N4/c1-8(2)11(3,4)7-13-10-6-5-9(12)14-15-10/h5-6,8H,7H2,1-4H3,(H2,12,14)(H,13,15). The van der Waals surface area contributed by atoms with Crippen LogP contribution in [0.15, 0.2) is 12.1 Å². The Labute approximate surface area is 91.3 Å². The highest BCUT2D eigenvalue weighted by atomic mass is 15.2. The maximum atomic E-state index is 5.46. The zero-order chi connectivity index (χ0) is 11.5. The van der Waals surface area contributed by atoms with Crippen LogP contribution < -0.4 is 11.1 Å². The lowest BCUT2D eigenvalue weighted by Gasteiger charge is -2.29. The minimum atomic E-state index is 0.239. The predicted octanol–water partition coefficient (Wildman–Crippen LogP) is 2.15. The second-order valence-electron chi connectivity index (χ2n) is 4.84. The van der Waals surface area contributed by atoms with Crippen molar-refractivity contribution in [2.45, 2.75) is 27.7 Å². The predicted molar refractivity (Wildman–Crippen MR) is 63.6 cm³/mol. The van der Waals surface area contributed by atoms with Gasteiger partial charge in [-0.05, 0) is 23.5 Å². The smallest absolute Gasteiger partial charge is 0.148 e. The van der Waals surface area contributed by atoms with E-state index in [-0.39, 0.29) is 5.41 Å². The van der Waals surface area contributed by atoms with E-state index in [0.717, 1.165) is 12.4 Å². The Morgan fingerprint density at radius 3 is 2.47 bits per heavy atom. The third-order valence-electron chi connectivity index (χ3n) is 2.97. The number of aromatic nitrogens is 2. The number of hydrogen-bond acceptors (Lipinski definition) is 4. The molecule has 0 saturated carbocycles. The molecule has 0 aliphatic carbocycles. The summed E-state index contributed by atoms with van der Waals surface area (Å²) >= 11 is 0. The number of nitrogens with two attached hydrogens (primary N) is 1. The molecule has 0 spiro atoms. The van der Waals surface area contributed by atoms with Crippen molar-refractivity contribution in [3.63, 3.8) is 0 Å². The summed E-state index contributed by atoms with van der Waals surface area (Å²) in [5.74, 6) is 1.84. The molecule has 0 amide bonds. The number of rotatable bonds is 4. The van der Waals surface area contributed by atoms with Crippen LogP contribution in [-0.2, 0) is 0 Å². The minimum Gasteiger partial charge on any atom is -0.382 e. The summed E-state index contributed by atoms with van der Waals surface area (Å²) in [4.78, 5) is 0. The summed E-state index contributed by atoms with van der Waals surface area (Å²) in [6.45, 7) is 9.78. The Bertz CT molecular complexity index is 303. The minimum absolute atomic E-state index is 0.239. The zero-order valence-corrected chi connectivity index (χ0v) is 9.91. The van der Waals surface area contributed by atoms with Crippen LogP contribution >= 0.6 is 0 Å². The average molecular weight is 208 g/mol. The molecule has 1 aromatic rings. The fourth-order valence-electron chi connectivity index (χ4n) is 0.959. The molecule has 0 radical (unpaired) electrons. The molecule has 4 nitrogen and oxygen atoms in total. The highest BCUT2D eigenvalue weighted by Gasteiger charge is 2.21. The summed E-state index contributed by atoms with van der Waals surface area (Å²) in [6.07, 6.45) is 0. The van der Waals surface area contributed by atoms with E-state index < -0.39 is 0 Å². The molecule has 1 rings (SSSR count). The van der Waals surface area contributed by atoms with Gasteiger partial charge in [-0.15, -0.1) is 10.2 Å². The monoisotopic (exact) mass is 208 g/mol.